The minimum atomic E-state index is -0.766. The summed E-state index contributed by atoms with van der Waals surface area (Å²) in [5.41, 5.74) is -0.707. The maximum absolute atomic E-state index is 11.3. The number of rotatable bonds is 6. The largest absolute Gasteiger partial charge is 0.480 e. The van der Waals surface area contributed by atoms with Crippen LogP contribution in [0, 0.1) is 0 Å². The van der Waals surface area contributed by atoms with Gasteiger partial charge in [0.15, 0.2) is 0 Å². The maximum atomic E-state index is 11.3. The number of carbonyl (C=O) groups is 2. The predicted molar refractivity (Wildman–Crippen MR) is 60.1 cm³/mol. The molecule has 5 nitrogen and oxygen atoms in total. The fourth-order valence-corrected chi connectivity index (χ4v) is 1.79. The molecule has 0 radical (unpaired) electrons. The zero-order valence-electron chi connectivity index (χ0n) is 9.95. The molecule has 1 aliphatic carbocycles. The van der Waals surface area contributed by atoms with Crippen LogP contribution in [0.25, 0.3) is 0 Å². The standard InChI is InChI=1S/C11H20N2O3/c1-13(2)9(14)5-3-8-12-11(10(15)16)6-4-7-11/h12H,3-8H2,1-2H3,(H,15,16). The second-order valence-corrected chi connectivity index (χ2v) is 4.56. The number of nitrogens with one attached hydrogen (secondary N) is 1. The average molecular weight is 228 g/mol. The van der Waals surface area contributed by atoms with Crippen LogP contribution in [0.15, 0.2) is 0 Å². The smallest absolute Gasteiger partial charge is 0.323 e. The zero-order chi connectivity index (χ0) is 12.2. The van der Waals surface area contributed by atoms with Crippen molar-refractivity contribution in [1.82, 2.24) is 10.2 Å². The molecule has 0 heterocycles. The van der Waals surface area contributed by atoms with Gasteiger partial charge in [-0.2, -0.15) is 0 Å². The first-order chi connectivity index (χ1) is 7.48. The summed E-state index contributed by atoms with van der Waals surface area (Å²) in [6.07, 6.45) is 3.52. The lowest BCUT2D eigenvalue weighted by molar-refractivity contribution is -0.148. The Labute approximate surface area is 95.8 Å². The van der Waals surface area contributed by atoms with E-state index in [1.165, 1.54) is 0 Å². The summed E-state index contributed by atoms with van der Waals surface area (Å²) in [4.78, 5) is 23.8. The van der Waals surface area contributed by atoms with Gasteiger partial charge in [0.1, 0.15) is 5.54 Å². The first kappa shape index (κ1) is 13.0. The minimum Gasteiger partial charge on any atom is -0.480 e. The number of carboxylic acid groups (broad SMARTS) is 1. The first-order valence-corrected chi connectivity index (χ1v) is 5.66. The molecule has 0 bridgehead atoms. The number of carboxylic acids is 1. The summed E-state index contributed by atoms with van der Waals surface area (Å²) in [6, 6.07) is 0. The average Bonchev–Trinajstić information content (AvgIpc) is 2.13. The zero-order valence-corrected chi connectivity index (χ0v) is 9.95. The van der Waals surface area contributed by atoms with Crippen molar-refractivity contribution in [2.45, 2.75) is 37.6 Å². The molecule has 92 valence electrons. The van der Waals surface area contributed by atoms with Crippen molar-refractivity contribution >= 4 is 11.9 Å². The lowest BCUT2D eigenvalue weighted by atomic mass is 9.77. The van der Waals surface area contributed by atoms with Crippen LogP contribution < -0.4 is 5.32 Å². The van der Waals surface area contributed by atoms with Crippen LogP contribution in [0.4, 0.5) is 0 Å². The Morgan fingerprint density at radius 1 is 1.38 bits per heavy atom. The van der Waals surface area contributed by atoms with Crippen molar-refractivity contribution in [3.8, 4) is 0 Å². The molecule has 0 unspecified atom stereocenters. The Morgan fingerprint density at radius 2 is 2.00 bits per heavy atom. The Morgan fingerprint density at radius 3 is 2.38 bits per heavy atom. The van der Waals surface area contributed by atoms with Crippen molar-refractivity contribution in [2.24, 2.45) is 0 Å². The topological polar surface area (TPSA) is 69.6 Å². The fraction of sp³-hybridized carbons (Fsp3) is 0.818. The van der Waals surface area contributed by atoms with E-state index in [9.17, 15) is 9.59 Å². The molecule has 16 heavy (non-hydrogen) atoms. The summed E-state index contributed by atoms with van der Waals surface area (Å²) in [5.74, 6) is -0.683. The summed E-state index contributed by atoms with van der Waals surface area (Å²) < 4.78 is 0. The molecule has 0 saturated heterocycles. The summed E-state index contributed by atoms with van der Waals surface area (Å²) >= 11 is 0. The fourth-order valence-electron chi connectivity index (χ4n) is 1.79. The molecule has 0 aromatic rings. The second-order valence-electron chi connectivity index (χ2n) is 4.56. The van der Waals surface area contributed by atoms with Crippen molar-refractivity contribution in [3.63, 3.8) is 0 Å². The number of nitrogens with zero attached hydrogens (tertiary/aromatic N) is 1. The Hall–Kier alpha value is -1.10. The number of carbonyl (C=O) groups excluding carboxylic acids is 1. The van der Waals surface area contributed by atoms with Crippen molar-refractivity contribution in [2.75, 3.05) is 20.6 Å². The van der Waals surface area contributed by atoms with Crippen LogP contribution in [-0.2, 0) is 9.59 Å². The van der Waals surface area contributed by atoms with E-state index in [1.807, 2.05) is 0 Å². The van der Waals surface area contributed by atoms with Gasteiger partial charge in [0.25, 0.3) is 0 Å². The van der Waals surface area contributed by atoms with Crippen LogP contribution in [0.1, 0.15) is 32.1 Å². The van der Waals surface area contributed by atoms with Gasteiger partial charge in [-0.3, -0.25) is 9.59 Å². The SMILES string of the molecule is CN(C)C(=O)CCCNC1(C(=O)O)CCC1. The molecule has 1 fully saturated rings. The van der Waals surface area contributed by atoms with Crippen LogP contribution >= 0.6 is 0 Å². The Bertz CT molecular complexity index is 272. The molecule has 0 aliphatic heterocycles. The Balaban J connectivity index is 2.20. The van der Waals surface area contributed by atoms with Gasteiger partial charge in [-0.1, -0.05) is 0 Å². The van der Waals surface area contributed by atoms with Gasteiger partial charge in [0.05, 0.1) is 0 Å². The molecule has 0 aromatic heterocycles. The highest BCUT2D eigenvalue weighted by molar-refractivity contribution is 5.80. The first-order valence-electron chi connectivity index (χ1n) is 5.66. The van der Waals surface area contributed by atoms with E-state index in [-0.39, 0.29) is 5.91 Å². The van der Waals surface area contributed by atoms with Gasteiger partial charge in [-0.25, -0.2) is 0 Å². The highest BCUT2D eigenvalue weighted by Crippen LogP contribution is 2.31. The molecule has 1 saturated carbocycles. The van der Waals surface area contributed by atoms with E-state index >= 15 is 0 Å². The highest BCUT2D eigenvalue weighted by Gasteiger charge is 2.43. The van der Waals surface area contributed by atoms with E-state index in [1.54, 1.807) is 19.0 Å². The third kappa shape index (κ3) is 2.95. The normalized spacial score (nSPS) is 17.6. The second kappa shape index (κ2) is 5.30. The van der Waals surface area contributed by atoms with Crippen LogP contribution in [0.2, 0.25) is 0 Å². The molecule has 5 heteroatoms. The van der Waals surface area contributed by atoms with Gasteiger partial charge in [-0.15, -0.1) is 0 Å². The molecule has 0 spiro atoms. The van der Waals surface area contributed by atoms with E-state index in [0.717, 1.165) is 6.42 Å². The highest BCUT2D eigenvalue weighted by atomic mass is 16.4. The number of aliphatic carboxylic acids is 1. The lowest BCUT2D eigenvalue weighted by Crippen LogP contribution is -2.57. The predicted octanol–water partition coefficient (Wildman–Crippen LogP) is 0.452. The molecule has 0 atom stereocenters. The van der Waals surface area contributed by atoms with Crippen LogP contribution in [-0.4, -0.2) is 48.1 Å². The third-order valence-corrected chi connectivity index (χ3v) is 3.15. The maximum Gasteiger partial charge on any atom is 0.323 e. The monoisotopic (exact) mass is 228 g/mol. The van der Waals surface area contributed by atoms with Gasteiger partial charge < -0.3 is 15.3 Å². The summed E-state index contributed by atoms with van der Waals surface area (Å²) in [5, 5.41) is 12.1. The van der Waals surface area contributed by atoms with Gasteiger partial charge >= 0.3 is 5.97 Å². The van der Waals surface area contributed by atoms with Crippen LogP contribution in [0.5, 0.6) is 0 Å². The van der Waals surface area contributed by atoms with E-state index in [2.05, 4.69) is 5.32 Å². The van der Waals surface area contributed by atoms with Gasteiger partial charge in [0.2, 0.25) is 5.91 Å². The summed E-state index contributed by atoms with van der Waals surface area (Å²) in [6.45, 7) is 0.589. The molecule has 1 rings (SSSR count). The number of hydrogen-bond acceptors (Lipinski definition) is 3. The van der Waals surface area contributed by atoms with Crippen molar-refractivity contribution in [3.05, 3.63) is 0 Å². The van der Waals surface area contributed by atoms with Crippen LogP contribution in [0.3, 0.4) is 0 Å². The number of amides is 1. The molecular formula is C11H20N2O3. The van der Waals surface area contributed by atoms with Crippen molar-refractivity contribution in [1.29, 1.82) is 0 Å². The lowest BCUT2D eigenvalue weighted by Gasteiger charge is -2.38. The van der Waals surface area contributed by atoms with Gasteiger partial charge in [-0.05, 0) is 32.2 Å². The third-order valence-electron chi connectivity index (χ3n) is 3.15. The van der Waals surface area contributed by atoms with E-state index in [4.69, 9.17) is 5.11 Å². The molecule has 2 N–H and O–H groups in total. The Kier molecular flexibility index (Phi) is 4.29. The van der Waals surface area contributed by atoms with Crippen molar-refractivity contribution < 1.29 is 14.7 Å². The minimum absolute atomic E-state index is 0.0831. The number of hydrogen-bond donors (Lipinski definition) is 2. The summed E-state index contributed by atoms with van der Waals surface area (Å²) in [7, 11) is 3.45. The molecular weight excluding hydrogens is 208 g/mol. The quantitative estimate of drug-likeness (QED) is 0.648. The molecule has 1 aliphatic rings. The molecule has 1 amide bonds. The van der Waals surface area contributed by atoms with E-state index < -0.39 is 11.5 Å². The molecule has 0 aromatic carbocycles. The van der Waals surface area contributed by atoms with Gasteiger partial charge in [0, 0.05) is 20.5 Å². The van der Waals surface area contributed by atoms with E-state index in [0.29, 0.717) is 32.2 Å².